The molecule has 108 valence electrons. The summed E-state index contributed by atoms with van der Waals surface area (Å²) in [6.45, 7) is 0.768. The van der Waals surface area contributed by atoms with E-state index in [4.69, 9.17) is 0 Å². The highest BCUT2D eigenvalue weighted by Gasteiger charge is 2.10. The summed E-state index contributed by atoms with van der Waals surface area (Å²) >= 11 is 0. The summed E-state index contributed by atoms with van der Waals surface area (Å²) in [4.78, 5) is 23.9. The maximum Gasteiger partial charge on any atom is 0.266 e. The number of hydrazine groups is 4. The number of nitrogens with one attached hydrogen (secondary N) is 5. The molecule has 0 aromatic heterocycles. The van der Waals surface area contributed by atoms with E-state index in [2.05, 4.69) is 27.5 Å². The molecule has 1 aromatic carbocycles. The topological polar surface area (TPSA) is 94.3 Å². The Kier molecular flexibility index (Phi) is 5.63. The summed E-state index contributed by atoms with van der Waals surface area (Å²) in [6, 6.07) is 6.74. The molecule has 20 heavy (non-hydrogen) atoms. The van der Waals surface area contributed by atoms with Gasteiger partial charge in [-0.3, -0.25) is 15.0 Å². The largest absolute Gasteiger partial charge is 0.294 e. The molecule has 1 aliphatic rings. The van der Waals surface area contributed by atoms with Gasteiger partial charge in [-0.15, -0.1) is 0 Å². The van der Waals surface area contributed by atoms with Crippen LogP contribution in [0.15, 0.2) is 24.3 Å². The molecule has 0 unspecified atom stereocenters. The lowest BCUT2D eigenvalue weighted by atomic mass is 10.0. The Morgan fingerprint density at radius 2 is 1.75 bits per heavy atom. The maximum atomic E-state index is 12.0. The lowest BCUT2D eigenvalue weighted by Gasteiger charge is -2.10. The summed E-state index contributed by atoms with van der Waals surface area (Å²) in [5.41, 5.74) is 14.2. The zero-order chi connectivity index (χ0) is 14.2. The molecule has 0 radical (unpaired) electrons. The number of amides is 1. The number of hydrogen-bond donors (Lipinski definition) is 5. The lowest BCUT2D eigenvalue weighted by molar-refractivity contribution is 0.0915. The minimum Gasteiger partial charge on any atom is -0.294 e. The fraction of sp³-hybridized carbons (Fsp3) is 0.385. The first-order chi connectivity index (χ1) is 9.77. The highest BCUT2D eigenvalue weighted by atomic mass is 16.2. The van der Waals surface area contributed by atoms with E-state index in [1.54, 1.807) is 24.3 Å². The van der Waals surface area contributed by atoms with Crippen molar-refractivity contribution in [2.75, 3.05) is 6.54 Å². The number of ketones is 1. The van der Waals surface area contributed by atoms with Crippen molar-refractivity contribution >= 4 is 11.7 Å². The van der Waals surface area contributed by atoms with Crippen LogP contribution in [0.1, 0.15) is 46.4 Å². The molecule has 0 aliphatic carbocycles. The second-order valence-electron chi connectivity index (χ2n) is 4.57. The first-order valence-corrected chi connectivity index (χ1v) is 6.69. The molecule has 1 aliphatic heterocycles. The van der Waals surface area contributed by atoms with Crippen molar-refractivity contribution in [3.63, 3.8) is 0 Å². The average Bonchev–Trinajstić information content (AvgIpc) is 2.48. The zero-order valence-corrected chi connectivity index (χ0v) is 11.2. The molecule has 2 bridgehead atoms. The second kappa shape index (κ2) is 7.71. The molecule has 2 rings (SSSR count). The lowest BCUT2D eigenvalue weighted by Crippen LogP contribution is -2.56. The van der Waals surface area contributed by atoms with Crippen LogP contribution in [0.2, 0.25) is 0 Å². The number of benzene rings is 1. The van der Waals surface area contributed by atoms with E-state index in [9.17, 15) is 9.59 Å². The molecular weight excluding hydrogens is 258 g/mol. The van der Waals surface area contributed by atoms with Crippen molar-refractivity contribution in [1.29, 1.82) is 0 Å². The van der Waals surface area contributed by atoms with Gasteiger partial charge in [0, 0.05) is 24.1 Å². The monoisotopic (exact) mass is 277 g/mol. The maximum absolute atomic E-state index is 12.0. The summed E-state index contributed by atoms with van der Waals surface area (Å²) in [5.74, 6) is -0.240. The highest BCUT2D eigenvalue weighted by molar-refractivity contribution is 6.00. The first-order valence-electron chi connectivity index (χ1n) is 6.69. The molecule has 7 heteroatoms. The van der Waals surface area contributed by atoms with Crippen LogP contribution in [0.3, 0.4) is 0 Å². The predicted molar refractivity (Wildman–Crippen MR) is 74.1 cm³/mol. The number of hydrogen-bond acceptors (Lipinski definition) is 6. The van der Waals surface area contributed by atoms with Crippen molar-refractivity contribution in [1.82, 2.24) is 27.5 Å². The number of carbonyl (C=O) groups excluding carboxylic acids is 2. The third-order valence-corrected chi connectivity index (χ3v) is 3.04. The van der Waals surface area contributed by atoms with E-state index >= 15 is 0 Å². The molecule has 0 saturated heterocycles. The van der Waals surface area contributed by atoms with Gasteiger partial charge in [-0.2, -0.15) is 16.6 Å². The van der Waals surface area contributed by atoms with Crippen LogP contribution in [0, 0.1) is 0 Å². The molecule has 1 amide bonds. The molecule has 0 fully saturated rings. The van der Waals surface area contributed by atoms with E-state index in [1.807, 2.05) is 0 Å². The summed E-state index contributed by atoms with van der Waals surface area (Å²) in [6.07, 6.45) is 3.30. The quantitative estimate of drug-likeness (QED) is 0.465. The Hall–Kier alpha value is -1.80. The molecule has 5 N–H and O–H groups in total. The Labute approximate surface area is 117 Å². The van der Waals surface area contributed by atoms with Gasteiger partial charge in [0.15, 0.2) is 5.78 Å². The normalized spacial score (nSPS) is 18.8. The molecule has 0 atom stereocenters. The van der Waals surface area contributed by atoms with Crippen LogP contribution in [-0.2, 0) is 0 Å². The summed E-state index contributed by atoms with van der Waals surface area (Å²) in [5, 5.41) is 0. The fourth-order valence-corrected chi connectivity index (χ4v) is 1.95. The third kappa shape index (κ3) is 4.39. The summed E-state index contributed by atoms with van der Waals surface area (Å²) in [7, 11) is 0. The van der Waals surface area contributed by atoms with Gasteiger partial charge >= 0.3 is 0 Å². The minimum atomic E-state index is -0.316. The SMILES string of the molecule is O=C1CCCCCNNNNNC(=O)c2cccc1c2. The van der Waals surface area contributed by atoms with Crippen molar-refractivity contribution in [3.05, 3.63) is 35.4 Å². The van der Waals surface area contributed by atoms with Gasteiger partial charge in [0.1, 0.15) is 0 Å². The van der Waals surface area contributed by atoms with Gasteiger partial charge < -0.3 is 0 Å². The second-order valence-corrected chi connectivity index (χ2v) is 4.57. The molecule has 0 saturated carbocycles. The van der Waals surface area contributed by atoms with Crippen LogP contribution in [0.5, 0.6) is 0 Å². The van der Waals surface area contributed by atoms with Crippen LogP contribution >= 0.6 is 0 Å². The fourth-order valence-electron chi connectivity index (χ4n) is 1.95. The Morgan fingerprint density at radius 1 is 0.900 bits per heavy atom. The van der Waals surface area contributed by atoms with Crippen molar-refractivity contribution in [2.24, 2.45) is 0 Å². The summed E-state index contributed by atoms with van der Waals surface area (Å²) < 4.78 is 0. The third-order valence-electron chi connectivity index (χ3n) is 3.04. The predicted octanol–water partition coefficient (Wildman–Crippen LogP) is 0.192. The van der Waals surface area contributed by atoms with Crippen LogP contribution in [0.25, 0.3) is 0 Å². The zero-order valence-electron chi connectivity index (χ0n) is 11.2. The smallest absolute Gasteiger partial charge is 0.266 e. The van der Waals surface area contributed by atoms with Crippen molar-refractivity contribution in [3.8, 4) is 0 Å². The number of Topliss-reactive ketones (excluding diaryl/α,β-unsaturated/α-hetero) is 1. The van der Waals surface area contributed by atoms with Crippen LogP contribution < -0.4 is 27.5 Å². The van der Waals surface area contributed by atoms with Gasteiger partial charge in [-0.1, -0.05) is 18.6 Å². The Bertz CT molecular complexity index is 438. The van der Waals surface area contributed by atoms with Crippen LogP contribution in [0.4, 0.5) is 0 Å². The molecule has 1 aromatic rings. The Morgan fingerprint density at radius 3 is 2.65 bits per heavy atom. The van der Waals surface area contributed by atoms with E-state index in [0.29, 0.717) is 17.5 Å². The first kappa shape index (κ1) is 14.6. The number of carbonyl (C=O) groups is 2. The Balaban J connectivity index is 2.07. The van der Waals surface area contributed by atoms with Crippen molar-refractivity contribution in [2.45, 2.75) is 25.7 Å². The van der Waals surface area contributed by atoms with Gasteiger partial charge in [0.05, 0.1) is 0 Å². The minimum absolute atomic E-state index is 0.0756. The van der Waals surface area contributed by atoms with E-state index in [1.165, 1.54) is 0 Å². The van der Waals surface area contributed by atoms with E-state index in [0.717, 1.165) is 25.8 Å². The number of fused-ring (bicyclic) bond motifs is 2. The van der Waals surface area contributed by atoms with E-state index in [-0.39, 0.29) is 11.7 Å². The van der Waals surface area contributed by atoms with Gasteiger partial charge in [0.2, 0.25) is 0 Å². The van der Waals surface area contributed by atoms with Crippen molar-refractivity contribution < 1.29 is 9.59 Å². The molecule has 1 heterocycles. The van der Waals surface area contributed by atoms with Gasteiger partial charge in [0.25, 0.3) is 5.91 Å². The van der Waals surface area contributed by atoms with Crippen LogP contribution in [-0.4, -0.2) is 18.2 Å². The highest BCUT2D eigenvalue weighted by Crippen LogP contribution is 2.10. The van der Waals surface area contributed by atoms with Gasteiger partial charge in [-0.25, -0.2) is 5.43 Å². The van der Waals surface area contributed by atoms with E-state index < -0.39 is 0 Å². The molecule has 0 spiro atoms. The number of rotatable bonds is 0. The molecule has 7 nitrogen and oxygen atoms in total. The average molecular weight is 277 g/mol. The van der Waals surface area contributed by atoms with Gasteiger partial charge in [-0.05, 0) is 25.0 Å². The molecular formula is C13H19N5O2. The standard InChI is InChI=1S/C13H19N5O2/c19-12-7-2-1-3-8-14-16-18-17-15-13(20)11-6-4-5-10(12)9-11/h4-6,9,14,16-18H,1-3,7-8H2,(H,15,20).